The van der Waals surface area contributed by atoms with Crippen molar-refractivity contribution in [3.63, 3.8) is 0 Å². The number of rotatable bonds is 5. The standard InChI is InChI=1S/C15H17N5/c1-13(14-6-3-2-4-7-14)20-12-16-18-15(20)8-11-19-10-5-9-17-19/h2-7,9-10,12-13H,8,11H2,1H3/t13-/m0/s1. The first-order valence-electron chi connectivity index (χ1n) is 6.75. The fraction of sp³-hybridized carbons (Fsp3) is 0.267. The lowest BCUT2D eigenvalue weighted by molar-refractivity contribution is 0.550. The molecule has 1 atom stereocenters. The van der Waals surface area contributed by atoms with Gasteiger partial charge in [0.15, 0.2) is 0 Å². The normalized spacial score (nSPS) is 12.4. The van der Waals surface area contributed by atoms with E-state index >= 15 is 0 Å². The highest BCUT2D eigenvalue weighted by Crippen LogP contribution is 2.18. The third-order valence-corrected chi connectivity index (χ3v) is 3.47. The molecule has 0 amide bonds. The minimum atomic E-state index is 0.235. The molecule has 0 bridgehead atoms. The first-order chi connectivity index (χ1) is 9.84. The van der Waals surface area contributed by atoms with Gasteiger partial charge in [0.25, 0.3) is 0 Å². The molecule has 0 spiro atoms. The number of aromatic nitrogens is 5. The Morgan fingerprint density at radius 1 is 1.15 bits per heavy atom. The number of benzene rings is 1. The van der Waals surface area contributed by atoms with Crippen LogP contribution in [0.4, 0.5) is 0 Å². The van der Waals surface area contributed by atoms with Gasteiger partial charge < -0.3 is 4.57 Å². The summed E-state index contributed by atoms with van der Waals surface area (Å²) in [6, 6.07) is 12.6. The van der Waals surface area contributed by atoms with E-state index in [0.717, 1.165) is 18.8 Å². The molecule has 0 aliphatic carbocycles. The van der Waals surface area contributed by atoms with E-state index in [1.165, 1.54) is 5.56 Å². The average molecular weight is 267 g/mol. The van der Waals surface area contributed by atoms with Gasteiger partial charge in [-0.05, 0) is 18.6 Å². The number of nitrogens with zero attached hydrogens (tertiary/aromatic N) is 5. The zero-order valence-electron chi connectivity index (χ0n) is 11.4. The molecule has 0 fully saturated rings. The molecule has 5 nitrogen and oxygen atoms in total. The molecule has 1 aromatic carbocycles. The summed E-state index contributed by atoms with van der Waals surface area (Å²) in [5.41, 5.74) is 1.26. The molecular formula is C15H17N5. The van der Waals surface area contributed by atoms with Gasteiger partial charge in [-0.3, -0.25) is 4.68 Å². The summed E-state index contributed by atoms with van der Waals surface area (Å²) in [5.74, 6) is 0.983. The molecule has 20 heavy (non-hydrogen) atoms. The van der Waals surface area contributed by atoms with Crippen LogP contribution in [0.2, 0.25) is 0 Å². The highest BCUT2D eigenvalue weighted by molar-refractivity contribution is 5.19. The predicted molar refractivity (Wildman–Crippen MR) is 76.2 cm³/mol. The minimum Gasteiger partial charge on any atom is -0.310 e. The van der Waals surface area contributed by atoms with Crippen LogP contribution in [0.15, 0.2) is 55.1 Å². The van der Waals surface area contributed by atoms with Gasteiger partial charge in [0.1, 0.15) is 12.2 Å². The van der Waals surface area contributed by atoms with Crippen molar-refractivity contribution in [2.75, 3.05) is 0 Å². The molecule has 3 rings (SSSR count). The zero-order valence-corrected chi connectivity index (χ0v) is 11.4. The van der Waals surface area contributed by atoms with Crippen molar-refractivity contribution in [2.24, 2.45) is 0 Å². The maximum atomic E-state index is 4.23. The molecule has 0 aliphatic heterocycles. The van der Waals surface area contributed by atoms with Gasteiger partial charge in [0.2, 0.25) is 0 Å². The maximum Gasteiger partial charge on any atom is 0.135 e. The highest BCUT2D eigenvalue weighted by atomic mass is 15.3. The second-order valence-corrected chi connectivity index (χ2v) is 4.76. The molecule has 3 aromatic rings. The Balaban J connectivity index is 1.76. The summed E-state index contributed by atoms with van der Waals surface area (Å²) in [4.78, 5) is 0. The summed E-state index contributed by atoms with van der Waals surface area (Å²) < 4.78 is 4.03. The van der Waals surface area contributed by atoms with E-state index in [9.17, 15) is 0 Å². The van der Waals surface area contributed by atoms with Gasteiger partial charge in [-0.2, -0.15) is 5.10 Å². The number of hydrogen-bond acceptors (Lipinski definition) is 3. The van der Waals surface area contributed by atoms with Crippen LogP contribution >= 0.6 is 0 Å². The quantitative estimate of drug-likeness (QED) is 0.713. The van der Waals surface area contributed by atoms with E-state index < -0.39 is 0 Å². The van der Waals surface area contributed by atoms with Gasteiger partial charge >= 0.3 is 0 Å². The van der Waals surface area contributed by atoms with Crippen LogP contribution in [0.3, 0.4) is 0 Å². The van der Waals surface area contributed by atoms with Crippen LogP contribution in [0.5, 0.6) is 0 Å². The Bertz CT molecular complexity index is 642. The smallest absolute Gasteiger partial charge is 0.135 e. The molecule has 102 valence electrons. The Labute approximate surface area is 117 Å². The van der Waals surface area contributed by atoms with Gasteiger partial charge in [0, 0.05) is 25.4 Å². The monoisotopic (exact) mass is 267 g/mol. The molecule has 2 heterocycles. The number of aryl methyl sites for hydroxylation is 2. The van der Waals surface area contributed by atoms with Crippen molar-refractivity contribution in [1.29, 1.82) is 0 Å². The molecule has 0 N–H and O–H groups in total. The van der Waals surface area contributed by atoms with Gasteiger partial charge in [-0.1, -0.05) is 30.3 Å². The van der Waals surface area contributed by atoms with Gasteiger partial charge in [-0.25, -0.2) is 0 Å². The van der Waals surface area contributed by atoms with Crippen LogP contribution in [-0.4, -0.2) is 24.5 Å². The van der Waals surface area contributed by atoms with Crippen molar-refractivity contribution in [3.8, 4) is 0 Å². The second kappa shape index (κ2) is 5.69. The van der Waals surface area contributed by atoms with E-state index in [1.807, 2.05) is 23.0 Å². The van der Waals surface area contributed by atoms with Gasteiger partial charge in [-0.15, -0.1) is 10.2 Å². The zero-order chi connectivity index (χ0) is 13.8. The predicted octanol–water partition coefficient (Wildman–Crippen LogP) is 2.33. The van der Waals surface area contributed by atoms with E-state index in [0.29, 0.717) is 0 Å². The van der Waals surface area contributed by atoms with Crippen molar-refractivity contribution >= 4 is 0 Å². The summed E-state index contributed by atoms with van der Waals surface area (Å²) in [7, 11) is 0. The summed E-state index contributed by atoms with van der Waals surface area (Å²) >= 11 is 0. The van der Waals surface area contributed by atoms with Crippen molar-refractivity contribution in [2.45, 2.75) is 25.9 Å². The Morgan fingerprint density at radius 3 is 2.75 bits per heavy atom. The highest BCUT2D eigenvalue weighted by Gasteiger charge is 2.12. The second-order valence-electron chi connectivity index (χ2n) is 4.76. The first kappa shape index (κ1) is 12.6. The van der Waals surface area contributed by atoms with Crippen LogP contribution in [0, 0.1) is 0 Å². The molecule has 0 unspecified atom stereocenters. The molecule has 0 saturated heterocycles. The van der Waals surface area contributed by atoms with Crippen molar-refractivity contribution in [3.05, 3.63) is 66.5 Å². The Morgan fingerprint density at radius 2 is 2.00 bits per heavy atom. The fourth-order valence-corrected chi connectivity index (χ4v) is 2.31. The first-order valence-corrected chi connectivity index (χ1v) is 6.75. The molecule has 5 heteroatoms. The van der Waals surface area contributed by atoms with E-state index in [2.05, 4.69) is 51.1 Å². The summed E-state index contributed by atoms with van der Waals surface area (Å²) in [6.45, 7) is 2.98. The molecule has 0 saturated carbocycles. The molecular weight excluding hydrogens is 250 g/mol. The minimum absolute atomic E-state index is 0.235. The molecule has 0 aliphatic rings. The molecule has 2 aromatic heterocycles. The summed E-state index contributed by atoms with van der Waals surface area (Å²) in [6.07, 6.45) is 6.37. The van der Waals surface area contributed by atoms with Crippen LogP contribution < -0.4 is 0 Å². The van der Waals surface area contributed by atoms with E-state index in [4.69, 9.17) is 0 Å². The van der Waals surface area contributed by atoms with Crippen LogP contribution in [0.25, 0.3) is 0 Å². The lowest BCUT2D eigenvalue weighted by Gasteiger charge is -2.15. The van der Waals surface area contributed by atoms with Crippen LogP contribution in [-0.2, 0) is 13.0 Å². The van der Waals surface area contributed by atoms with Crippen LogP contribution in [0.1, 0.15) is 24.4 Å². The Hall–Kier alpha value is -2.43. The maximum absolute atomic E-state index is 4.23. The summed E-state index contributed by atoms with van der Waals surface area (Å²) in [5, 5.41) is 12.5. The van der Waals surface area contributed by atoms with Crippen molar-refractivity contribution < 1.29 is 0 Å². The average Bonchev–Trinajstić information content (AvgIpc) is 3.16. The largest absolute Gasteiger partial charge is 0.310 e. The number of hydrogen-bond donors (Lipinski definition) is 0. The van der Waals surface area contributed by atoms with E-state index in [1.54, 1.807) is 12.5 Å². The topological polar surface area (TPSA) is 48.5 Å². The van der Waals surface area contributed by atoms with E-state index in [-0.39, 0.29) is 6.04 Å². The van der Waals surface area contributed by atoms with Crippen molar-refractivity contribution in [1.82, 2.24) is 24.5 Å². The lowest BCUT2D eigenvalue weighted by Crippen LogP contribution is -2.12. The SMILES string of the molecule is C[C@@H](c1ccccc1)n1cnnc1CCn1cccn1. The lowest BCUT2D eigenvalue weighted by atomic mass is 10.1. The molecule has 0 radical (unpaired) electrons. The third kappa shape index (κ3) is 2.61. The van der Waals surface area contributed by atoms with Gasteiger partial charge in [0.05, 0.1) is 6.04 Å². The Kier molecular flexibility index (Phi) is 3.58. The fourth-order valence-electron chi connectivity index (χ4n) is 2.31. The third-order valence-electron chi connectivity index (χ3n) is 3.47.